The van der Waals surface area contributed by atoms with Crippen molar-refractivity contribution in [2.45, 2.75) is 36.5 Å². The van der Waals surface area contributed by atoms with Crippen molar-refractivity contribution in [2.24, 2.45) is 0 Å². The molecule has 32 heavy (non-hydrogen) atoms. The molecule has 1 fully saturated rings. The number of nitrogens with zero attached hydrogens (tertiary/aromatic N) is 1. The minimum atomic E-state index is -3.74. The van der Waals surface area contributed by atoms with Gasteiger partial charge in [-0.15, -0.1) is 0 Å². The summed E-state index contributed by atoms with van der Waals surface area (Å²) in [5, 5.41) is 0. The minimum Gasteiger partial charge on any atom is -0.492 e. The van der Waals surface area contributed by atoms with Crippen LogP contribution in [0.1, 0.15) is 34.7 Å². The number of aryl methyl sites for hydroxylation is 1. The maximum absolute atomic E-state index is 13.7. The second kappa shape index (κ2) is 7.62. The molecule has 1 aliphatic carbocycles. The molecular formula is C23H27NO7S. The Hall–Kier alpha value is -2.33. The highest BCUT2D eigenvalue weighted by Crippen LogP contribution is 2.62. The van der Waals surface area contributed by atoms with Gasteiger partial charge in [-0.25, -0.2) is 8.42 Å². The van der Waals surface area contributed by atoms with E-state index in [0.717, 1.165) is 16.7 Å². The van der Waals surface area contributed by atoms with Crippen LogP contribution in [-0.4, -0.2) is 53.8 Å². The molecule has 0 saturated carbocycles. The summed E-state index contributed by atoms with van der Waals surface area (Å²) in [5.41, 5.74) is 3.46. The van der Waals surface area contributed by atoms with Gasteiger partial charge in [0, 0.05) is 18.5 Å². The molecule has 3 aliphatic rings. The molecule has 2 aromatic carbocycles. The monoisotopic (exact) mass is 461 g/mol. The van der Waals surface area contributed by atoms with Crippen LogP contribution < -0.4 is 14.2 Å². The number of hydrogen-bond donors (Lipinski definition) is 0. The Kier molecular flexibility index (Phi) is 5.12. The first kappa shape index (κ1) is 21.5. The normalized spacial score (nSPS) is 21.6. The number of sulfonamides is 1. The van der Waals surface area contributed by atoms with Gasteiger partial charge in [-0.3, -0.25) is 0 Å². The summed E-state index contributed by atoms with van der Waals surface area (Å²) in [4.78, 5) is 0.273. The van der Waals surface area contributed by atoms with Crippen molar-refractivity contribution >= 4 is 10.0 Å². The quantitative estimate of drug-likeness (QED) is 0.677. The minimum absolute atomic E-state index is 0.273. The lowest BCUT2D eigenvalue weighted by atomic mass is 9.92. The molecule has 9 heteroatoms. The molecule has 2 aliphatic heterocycles. The predicted octanol–water partition coefficient (Wildman–Crippen LogP) is 2.91. The third-order valence-corrected chi connectivity index (χ3v) is 8.53. The summed E-state index contributed by atoms with van der Waals surface area (Å²) in [6.07, 6.45) is 0.816. The number of ether oxygens (including phenoxy) is 5. The van der Waals surface area contributed by atoms with Gasteiger partial charge >= 0.3 is 0 Å². The van der Waals surface area contributed by atoms with Crippen LogP contribution in [0, 0.1) is 6.92 Å². The van der Waals surface area contributed by atoms with Crippen LogP contribution in [0.25, 0.3) is 0 Å². The van der Waals surface area contributed by atoms with Gasteiger partial charge in [-0.2, -0.15) is 4.31 Å². The standard InChI is InChI=1S/C23H27NO7S/c1-14-5-7-15(8-6-14)32(25,26)24-10-9-16-18-17(24)13-23(30-11-12-31-23)19(18)21(28-3)22(29-4)20(16)27-2/h5-8,17H,9-13H2,1-4H3/t17-/m1/s1. The van der Waals surface area contributed by atoms with Gasteiger partial charge in [-0.05, 0) is 31.0 Å². The van der Waals surface area contributed by atoms with Crippen LogP contribution in [0.15, 0.2) is 29.2 Å². The summed E-state index contributed by atoms with van der Waals surface area (Å²) in [6, 6.07) is 6.47. The lowest BCUT2D eigenvalue weighted by Gasteiger charge is -2.35. The first-order valence-electron chi connectivity index (χ1n) is 10.6. The fourth-order valence-corrected chi connectivity index (χ4v) is 6.87. The van der Waals surface area contributed by atoms with Crippen LogP contribution >= 0.6 is 0 Å². The molecule has 0 amide bonds. The summed E-state index contributed by atoms with van der Waals surface area (Å²) >= 11 is 0. The number of fused-ring (bicyclic) bond motifs is 1. The smallest absolute Gasteiger partial charge is 0.243 e. The van der Waals surface area contributed by atoms with Gasteiger partial charge < -0.3 is 23.7 Å². The molecule has 0 aromatic heterocycles. The average molecular weight is 462 g/mol. The SMILES string of the molecule is COc1c2c3c(c(OC)c1OC)C1(C[C@H]3N(S(=O)(=O)c3ccc(C)cc3)CC2)OCCO1. The van der Waals surface area contributed by atoms with E-state index in [1.807, 2.05) is 19.1 Å². The topological polar surface area (TPSA) is 83.5 Å². The molecule has 5 rings (SSSR count). The number of hydrogen-bond acceptors (Lipinski definition) is 7. The first-order chi connectivity index (χ1) is 15.4. The highest BCUT2D eigenvalue weighted by Gasteiger charge is 2.57. The second-order valence-electron chi connectivity index (χ2n) is 8.22. The van der Waals surface area contributed by atoms with E-state index in [2.05, 4.69) is 0 Å². The van der Waals surface area contributed by atoms with Crippen LogP contribution in [0.5, 0.6) is 17.2 Å². The van der Waals surface area contributed by atoms with Crippen molar-refractivity contribution in [3.63, 3.8) is 0 Å². The lowest BCUT2D eigenvalue weighted by molar-refractivity contribution is -0.169. The van der Waals surface area contributed by atoms with E-state index in [4.69, 9.17) is 23.7 Å². The van der Waals surface area contributed by atoms with E-state index in [1.54, 1.807) is 37.8 Å². The van der Waals surface area contributed by atoms with Gasteiger partial charge in [0.1, 0.15) is 0 Å². The van der Waals surface area contributed by atoms with E-state index in [0.29, 0.717) is 55.4 Å². The van der Waals surface area contributed by atoms with Crippen molar-refractivity contribution in [3.8, 4) is 17.2 Å². The maximum Gasteiger partial charge on any atom is 0.243 e. The fraction of sp³-hybridized carbons (Fsp3) is 0.478. The summed E-state index contributed by atoms with van der Waals surface area (Å²) in [5.74, 6) is 0.417. The molecule has 172 valence electrons. The van der Waals surface area contributed by atoms with Crippen molar-refractivity contribution in [2.75, 3.05) is 41.1 Å². The van der Waals surface area contributed by atoms with Gasteiger partial charge in [-0.1, -0.05) is 17.7 Å². The lowest BCUT2D eigenvalue weighted by Crippen LogP contribution is -2.39. The van der Waals surface area contributed by atoms with Gasteiger partial charge in [0.2, 0.25) is 21.6 Å². The third kappa shape index (κ3) is 2.88. The Morgan fingerprint density at radius 3 is 2.19 bits per heavy atom. The number of benzene rings is 2. The third-order valence-electron chi connectivity index (χ3n) is 6.61. The Labute approximate surface area is 188 Å². The first-order valence-corrected chi connectivity index (χ1v) is 12.0. The van der Waals surface area contributed by atoms with E-state index < -0.39 is 21.9 Å². The van der Waals surface area contributed by atoms with Crippen molar-refractivity contribution < 1.29 is 32.1 Å². The Morgan fingerprint density at radius 2 is 1.59 bits per heavy atom. The summed E-state index contributed by atoms with van der Waals surface area (Å²) in [6.45, 7) is 3.09. The largest absolute Gasteiger partial charge is 0.492 e. The summed E-state index contributed by atoms with van der Waals surface area (Å²) < 4.78 is 58.4. The number of rotatable bonds is 5. The van der Waals surface area contributed by atoms with Gasteiger partial charge in [0.15, 0.2) is 11.5 Å². The van der Waals surface area contributed by atoms with E-state index in [9.17, 15) is 8.42 Å². The second-order valence-corrected chi connectivity index (χ2v) is 10.1. The van der Waals surface area contributed by atoms with Crippen LogP contribution in [0.3, 0.4) is 0 Å². The Bertz CT molecular complexity index is 1150. The molecule has 1 spiro atoms. The molecule has 1 saturated heterocycles. The number of methoxy groups -OCH3 is 3. The van der Waals surface area contributed by atoms with Crippen LogP contribution in [-0.2, 0) is 31.7 Å². The Morgan fingerprint density at radius 1 is 0.969 bits per heavy atom. The van der Waals surface area contributed by atoms with E-state index >= 15 is 0 Å². The van der Waals surface area contributed by atoms with Gasteiger partial charge in [0.25, 0.3) is 0 Å². The fourth-order valence-electron chi connectivity index (χ4n) is 5.27. The average Bonchev–Trinajstić information content (AvgIpc) is 3.39. The Balaban J connectivity index is 1.73. The summed E-state index contributed by atoms with van der Waals surface area (Å²) in [7, 11) is 0.957. The van der Waals surface area contributed by atoms with E-state index in [-0.39, 0.29) is 4.90 Å². The zero-order chi connectivity index (χ0) is 22.7. The van der Waals surface area contributed by atoms with Crippen LogP contribution in [0.2, 0.25) is 0 Å². The van der Waals surface area contributed by atoms with Crippen LogP contribution in [0.4, 0.5) is 0 Å². The van der Waals surface area contributed by atoms with Gasteiger partial charge in [0.05, 0.1) is 51.0 Å². The highest BCUT2D eigenvalue weighted by atomic mass is 32.2. The zero-order valence-corrected chi connectivity index (χ0v) is 19.5. The highest BCUT2D eigenvalue weighted by molar-refractivity contribution is 7.89. The molecular weight excluding hydrogens is 434 g/mol. The van der Waals surface area contributed by atoms with E-state index in [1.165, 1.54) is 0 Å². The van der Waals surface area contributed by atoms with Crippen molar-refractivity contribution in [3.05, 3.63) is 46.5 Å². The molecule has 0 N–H and O–H groups in total. The zero-order valence-electron chi connectivity index (χ0n) is 18.6. The predicted molar refractivity (Wildman–Crippen MR) is 116 cm³/mol. The molecule has 8 nitrogen and oxygen atoms in total. The molecule has 0 radical (unpaired) electrons. The molecule has 2 heterocycles. The van der Waals surface area contributed by atoms with Crippen molar-refractivity contribution in [1.29, 1.82) is 0 Å². The van der Waals surface area contributed by atoms with Crippen molar-refractivity contribution in [1.82, 2.24) is 4.31 Å². The molecule has 1 atom stereocenters. The maximum atomic E-state index is 13.7. The molecule has 2 aromatic rings. The molecule has 0 unspecified atom stereocenters. The molecule has 0 bridgehead atoms.